The van der Waals surface area contributed by atoms with Crippen LogP contribution in [0.15, 0.2) is 36.5 Å². The Morgan fingerprint density at radius 2 is 2.00 bits per heavy atom. The van der Waals surface area contributed by atoms with Gasteiger partial charge < -0.3 is 10.1 Å². The molecule has 30 heavy (non-hydrogen) atoms. The van der Waals surface area contributed by atoms with Crippen molar-refractivity contribution in [2.24, 2.45) is 5.92 Å². The van der Waals surface area contributed by atoms with Crippen molar-refractivity contribution in [1.29, 1.82) is 0 Å². The second kappa shape index (κ2) is 10.2. The van der Waals surface area contributed by atoms with Gasteiger partial charge in [-0.2, -0.15) is 5.10 Å². The first kappa shape index (κ1) is 21.8. The van der Waals surface area contributed by atoms with Gasteiger partial charge in [-0.05, 0) is 50.3 Å². The van der Waals surface area contributed by atoms with Crippen molar-refractivity contribution in [2.45, 2.75) is 53.5 Å². The maximum atomic E-state index is 12.2. The summed E-state index contributed by atoms with van der Waals surface area (Å²) >= 11 is 0. The molecule has 0 bridgehead atoms. The van der Waals surface area contributed by atoms with Crippen molar-refractivity contribution in [3.63, 3.8) is 0 Å². The molecular formula is C24H32N4O2. The molecule has 6 nitrogen and oxygen atoms in total. The first-order valence-corrected chi connectivity index (χ1v) is 10.7. The Bertz CT molecular complexity index is 989. The monoisotopic (exact) mass is 408 g/mol. The van der Waals surface area contributed by atoms with Crippen LogP contribution < -0.4 is 10.1 Å². The number of aromatic nitrogens is 3. The van der Waals surface area contributed by atoms with Crippen molar-refractivity contribution < 1.29 is 9.53 Å². The van der Waals surface area contributed by atoms with Gasteiger partial charge >= 0.3 is 0 Å². The molecule has 0 saturated carbocycles. The molecule has 1 amide bonds. The molecule has 0 atom stereocenters. The Balaban J connectivity index is 1.40. The number of amides is 1. The predicted molar refractivity (Wildman–Crippen MR) is 120 cm³/mol. The fourth-order valence-corrected chi connectivity index (χ4v) is 3.62. The van der Waals surface area contributed by atoms with Crippen molar-refractivity contribution in [3.8, 4) is 5.75 Å². The number of nitrogens with zero attached hydrogens (tertiary/aromatic N) is 3. The van der Waals surface area contributed by atoms with Crippen LogP contribution in [0.3, 0.4) is 0 Å². The van der Waals surface area contributed by atoms with Crippen LogP contribution in [0, 0.1) is 19.8 Å². The van der Waals surface area contributed by atoms with Gasteiger partial charge in [-0.25, -0.2) is 0 Å². The van der Waals surface area contributed by atoms with E-state index in [1.807, 2.05) is 37.3 Å². The third-order valence-corrected chi connectivity index (χ3v) is 5.17. The minimum Gasteiger partial charge on any atom is -0.491 e. The minimum atomic E-state index is 0.0669. The highest BCUT2D eigenvalue weighted by Gasteiger charge is 2.13. The molecule has 3 aromatic rings. The van der Waals surface area contributed by atoms with Crippen LogP contribution in [0.4, 0.5) is 0 Å². The van der Waals surface area contributed by atoms with E-state index in [0.29, 0.717) is 25.5 Å². The fraction of sp³-hybridized carbons (Fsp3) is 0.458. The van der Waals surface area contributed by atoms with Crippen LogP contribution in [-0.4, -0.2) is 33.8 Å². The SMILES string of the molecule is Cc1nn(CC(C)C)c(C)c1CCC(=O)NCCCOc1cccc2cccnc12. The lowest BCUT2D eigenvalue weighted by atomic mass is 10.1. The molecule has 160 valence electrons. The quantitative estimate of drug-likeness (QED) is 0.510. The van der Waals surface area contributed by atoms with E-state index in [9.17, 15) is 4.79 Å². The van der Waals surface area contributed by atoms with E-state index in [2.05, 4.69) is 40.9 Å². The number of pyridine rings is 1. The number of fused-ring (bicyclic) bond motifs is 1. The highest BCUT2D eigenvalue weighted by Crippen LogP contribution is 2.23. The first-order chi connectivity index (χ1) is 14.5. The summed E-state index contributed by atoms with van der Waals surface area (Å²) in [5, 5.41) is 8.68. The minimum absolute atomic E-state index is 0.0669. The topological polar surface area (TPSA) is 69.0 Å². The highest BCUT2D eigenvalue weighted by molar-refractivity contribution is 5.84. The molecule has 0 saturated heterocycles. The van der Waals surface area contributed by atoms with Gasteiger partial charge in [-0.3, -0.25) is 14.5 Å². The Morgan fingerprint density at radius 3 is 2.80 bits per heavy atom. The lowest BCUT2D eigenvalue weighted by molar-refractivity contribution is -0.121. The zero-order valence-electron chi connectivity index (χ0n) is 18.4. The van der Waals surface area contributed by atoms with Crippen LogP contribution in [0.1, 0.15) is 43.6 Å². The smallest absolute Gasteiger partial charge is 0.220 e. The zero-order chi connectivity index (χ0) is 21.5. The van der Waals surface area contributed by atoms with Crippen molar-refractivity contribution in [2.75, 3.05) is 13.2 Å². The average Bonchev–Trinajstić information content (AvgIpc) is 2.98. The van der Waals surface area contributed by atoms with E-state index in [1.165, 1.54) is 11.3 Å². The summed E-state index contributed by atoms with van der Waals surface area (Å²) in [5.41, 5.74) is 4.26. The van der Waals surface area contributed by atoms with Crippen LogP contribution >= 0.6 is 0 Å². The number of carbonyl (C=O) groups excluding carboxylic acids is 1. The predicted octanol–water partition coefficient (Wildman–Crippen LogP) is 4.22. The highest BCUT2D eigenvalue weighted by atomic mass is 16.5. The molecule has 1 aromatic carbocycles. The van der Waals surface area contributed by atoms with Crippen molar-refractivity contribution in [1.82, 2.24) is 20.1 Å². The van der Waals surface area contributed by atoms with Crippen molar-refractivity contribution in [3.05, 3.63) is 53.5 Å². The van der Waals surface area contributed by atoms with Gasteiger partial charge in [0, 0.05) is 36.8 Å². The van der Waals surface area contributed by atoms with Crippen LogP contribution in [0.2, 0.25) is 0 Å². The Hall–Kier alpha value is -2.89. The summed E-state index contributed by atoms with van der Waals surface area (Å²) in [6, 6.07) is 9.85. The average molecular weight is 409 g/mol. The molecule has 3 rings (SSSR count). The Morgan fingerprint density at radius 1 is 1.20 bits per heavy atom. The van der Waals surface area contributed by atoms with Crippen LogP contribution in [-0.2, 0) is 17.8 Å². The van der Waals surface area contributed by atoms with Gasteiger partial charge in [-0.15, -0.1) is 0 Å². The molecule has 6 heteroatoms. The van der Waals surface area contributed by atoms with Crippen LogP contribution in [0.5, 0.6) is 5.75 Å². The molecule has 0 unspecified atom stereocenters. The van der Waals surface area contributed by atoms with E-state index in [0.717, 1.165) is 41.7 Å². The van der Waals surface area contributed by atoms with Gasteiger partial charge in [0.25, 0.3) is 0 Å². The Kier molecular flexibility index (Phi) is 7.44. The number of benzene rings is 1. The second-order valence-corrected chi connectivity index (χ2v) is 8.11. The maximum absolute atomic E-state index is 12.2. The summed E-state index contributed by atoms with van der Waals surface area (Å²) in [5.74, 6) is 1.40. The number of rotatable bonds is 10. The standard InChI is InChI=1S/C24H32N4O2/c1-17(2)16-28-19(4)21(18(3)27-28)11-12-23(29)25-14-7-15-30-22-10-5-8-20-9-6-13-26-24(20)22/h5-6,8-10,13,17H,7,11-12,14-16H2,1-4H3,(H,25,29). The van der Waals surface area contributed by atoms with Gasteiger partial charge in [0.2, 0.25) is 5.91 Å². The van der Waals surface area contributed by atoms with E-state index in [1.54, 1.807) is 6.20 Å². The zero-order valence-corrected chi connectivity index (χ0v) is 18.4. The number of nitrogens with one attached hydrogen (secondary N) is 1. The van der Waals surface area contributed by atoms with Gasteiger partial charge in [-0.1, -0.05) is 32.0 Å². The normalized spacial score (nSPS) is 11.2. The molecule has 0 fully saturated rings. The largest absolute Gasteiger partial charge is 0.491 e. The maximum Gasteiger partial charge on any atom is 0.220 e. The van der Waals surface area contributed by atoms with E-state index in [4.69, 9.17) is 4.74 Å². The van der Waals surface area contributed by atoms with Gasteiger partial charge in [0.05, 0.1) is 12.3 Å². The Labute approximate surface area is 178 Å². The van der Waals surface area contributed by atoms with Crippen molar-refractivity contribution >= 4 is 16.8 Å². The summed E-state index contributed by atoms with van der Waals surface area (Å²) in [6.45, 7) is 10.5. The van der Waals surface area contributed by atoms with E-state index in [-0.39, 0.29) is 5.91 Å². The summed E-state index contributed by atoms with van der Waals surface area (Å²) in [7, 11) is 0. The molecule has 2 aromatic heterocycles. The third kappa shape index (κ3) is 5.59. The number of hydrogen-bond donors (Lipinski definition) is 1. The van der Waals surface area contributed by atoms with Crippen LogP contribution in [0.25, 0.3) is 10.9 Å². The van der Waals surface area contributed by atoms with E-state index < -0.39 is 0 Å². The fourth-order valence-electron chi connectivity index (χ4n) is 3.62. The summed E-state index contributed by atoms with van der Waals surface area (Å²) < 4.78 is 7.93. The third-order valence-electron chi connectivity index (χ3n) is 5.17. The van der Waals surface area contributed by atoms with Gasteiger partial charge in [0.15, 0.2) is 0 Å². The van der Waals surface area contributed by atoms with Gasteiger partial charge in [0.1, 0.15) is 11.3 Å². The molecule has 2 heterocycles. The molecule has 0 aliphatic heterocycles. The number of ether oxygens (including phenoxy) is 1. The lowest BCUT2D eigenvalue weighted by Crippen LogP contribution is -2.25. The molecule has 0 spiro atoms. The second-order valence-electron chi connectivity index (χ2n) is 8.11. The summed E-state index contributed by atoms with van der Waals surface area (Å²) in [4.78, 5) is 16.6. The number of hydrogen-bond acceptors (Lipinski definition) is 4. The molecule has 0 radical (unpaired) electrons. The number of para-hydroxylation sites is 1. The van der Waals surface area contributed by atoms with E-state index >= 15 is 0 Å². The molecule has 0 aliphatic rings. The first-order valence-electron chi connectivity index (χ1n) is 10.7. The molecule has 0 aliphatic carbocycles. The molecule has 1 N–H and O–H groups in total. The lowest BCUT2D eigenvalue weighted by Gasteiger charge is -2.10. The summed E-state index contributed by atoms with van der Waals surface area (Å²) in [6.07, 6.45) is 3.72. The molecular weight excluding hydrogens is 376 g/mol. The number of carbonyl (C=O) groups is 1. The number of aryl methyl sites for hydroxylation is 1.